The topological polar surface area (TPSA) is 125 Å². The summed E-state index contributed by atoms with van der Waals surface area (Å²) in [7, 11) is 0. The molecule has 0 saturated carbocycles. The average Bonchev–Trinajstić information content (AvgIpc) is 3.32. The Labute approximate surface area is 230 Å². The number of aryl methyl sites for hydroxylation is 2. The van der Waals surface area contributed by atoms with Gasteiger partial charge in [0.05, 0.1) is 25.3 Å². The predicted octanol–water partition coefficient (Wildman–Crippen LogP) is 3.79. The zero-order valence-electron chi connectivity index (χ0n) is 22.4. The van der Waals surface area contributed by atoms with Gasteiger partial charge in [0.15, 0.2) is 11.6 Å². The molecule has 210 valence electrons. The van der Waals surface area contributed by atoms with Gasteiger partial charge >= 0.3 is 6.09 Å². The summed E-state index contributed by atoms with van der Waals surface area (Å²) in [6.45, 7) is 9.30. The van der Waals surface area contributed by atoms with E-state index in [1.54, 1.807) is 18.7 Å². The number of amides is 2. The van der Waals surface area contributed by atoms with Crippen LogP contribution in [0.15, 0.2) is 48.5 Å². The number of benzene rings is 2. The van der Waals surface area contributed by atoms with Gasteiger partial charge in [0, 0.05) is 13.1 Å². The van der Waals surface area contributed by atoms with E-state index in [2.05, 4.69) is 15.5 Å². The van der Waals surface area contributed by atoms with Crippen LogP contribution in [0.2, 0.25) is 0 Å². The summed E-state index contributed by atoms with van der Waals surface area (Å²) in [4.78, 5) is 27.1. The number of aromatic nitrogens is 3. The van der Waals surface area contributed by atoms with Crippen LogP contribution in [0.4, 0.5) is 4.79 Å². The minimum absolute atomic E-state index is 0. The van der Waals surface area contributed by atoms with Gasteiger partial charge in [0.2, 0.25) is 5.91 Å². The molecule has 3 aromatic rings. The molecule has 4 rings (SSSR count). The fourth-order valence-corrected chi connectivity index (χ4v) is 4.12. The first-order valence-electron chi connectivity index (χ1n) is 12.7. The molecule has 0 fully saturated rings. The number of ether oxygens (including phenoxy) is 2. The maximum atomic E-state index is 12.8. The van der Waals surface area contributed by atoms with Crippen LogP contribution in [0, 0.1) is 13.8 Å². The first-order chi connectivity index (χ1) is 18.1. The van der Waals surface area contributed by atoms with Crippen LogP contribution < -0.4 is 11.1 Å². The van der Waals surface area contributed by atoms with Crippen molar-refractivity contribution in [2.75, 3.05) is 13.2 Å². The minimum atomic E-state index is -1.07. The highest BCUT2D eigenvalue weighted by Gasteiger charge is 2.31. The molecule has 10 heteroatoms. The molecule has 0 spiro atoms. The van der Waals surface area contributed by atoms with Crippen molar-refractivity contribution in [3.8, 4) is 0 Å². The van der Waals surface area contributed by atoms with Gasteiger partial charge in [-0.3, -0.25) is 9.69 Å². The van der Waals surface area contributed by atoms with Crippen molar-refractivity contribution in [3.63, 3.8) is 0 Å². The van der Waals surface area contributed by atoms with Gasteiger partial charge in [-0.1, -0.05) is 56.0 Å². The molecule has 0 bridgehead atoms. The quantitative estimate of drug-likeness (QED) is 0.426. The third-order valence-electron chi connectivity index (χ3n) is 6.57. The lowest BCUT2D eigenvalue weighted by Crippen LogP contribution is -2.51. The summed E-state index contributed by atoms with van der Waals surface area (Å²) in [5.74, 6) is 0.855. The van der Waals surface area contributed by atoms with Crippen molar-refractivity contribution >= 4 is 12.0 Å². The number of nitrogens with one attached hydrogen (secondary N) is 1. The van der Waals surface area contributed by atoms with E-state index in [0.717, 1.165) is 16.7 Å². The molecule has 3 N–H and O–H groups in total. The molecule has 1 aliphatic heterocycles. The van der Waals surface area contributed by atoms with E-state index in [-0.39, 0.29) is 33.1 Å². The average molecular weight is 537 g/mol. The maximum Gasteiger partial charge on any atom is 0.410 e. The van der Waals surface area contributed by atoms with Crippen molar-refractivity contribution in [2.24, 2.45) is 5.73 Å². The van der Waals surface area contributed by atoms with Crippen LogP contribution in [0.5, 0.6) is 0 Å². The van der Waals surface area contributed by atoms with E-state index >= 15 is 0 Å². The maximum absolute atomic E-state index is 12.8. The SMILES string of the molecule is C.Cc1ccc(COC(=O)N2CCn3c(nnc3[C@@H](COCc3ccccc3)NC(=O)C(C)(C)N)C2)cc1C. The molecule has 2 aromatic carbocycles. The smallest absolute Gasteiger partial charge is 0.410 e. The zero-order valence-corrected chi connectivity index (χ0v) is 22.4. The van der Waals surface area contributed by atoms with E-state index < -0.39 is 17.7 Å². The molecule has 39 heavy (non-hydrogen) atoms. The normalized spacial score (nSPS) is 13.7. The van der Waals surface area contributed by atoms with E-state index in [0.29, 0.717) is 31.3 Å². The second-order valence-corrected chi connectivity index (χ2v) is 10.3. The molecule has 2 heterocycles. The second-order valence-electron chi connectivity index (χ2n) is 10.3. The number of hydrogen-bond donors (Lipinski definition) is 2. The van der Waals surface area contributed by atoms with E-state index in [4.69, 9.17) is 15.2 Å². The summed E-state index contributed by atoms with van der Waals surface area (Å²) in [5, 5.41) is 11.6. The van der Waals surface area contributed by atoms with Crippen molar-refractivity contribution in [3.05, 3.63) is 82.4 Å². The van der Waals surface area contributed by atoms with Gasteiger partial charge in [-0.25, -0.2) is 4.79 Å². The Morgan fingerprint density at radius 2 is 1.77 bits per heavy atom. The number of nitrogens with zero attached hydrogens (tertiary/aromatic N) is 4. The third-order valence-corrected chi connectivity index (χ3v) is 6.57. The van der Waals surface area contributed by atoms with Crippen molar-refractivity contribution < 1.29 is 19.1 Å². The summed E-state index contributed by atoms with van der Waals surface area (Å²) < 4.78 is 13.4. The van der Waals surface area contributed by atoms with Gasteiger partial charge in [-0.2, -0.15) is 0 Å². The first-order valence-corrected chi connectivity index (χ1v) is 12.7. The molecular weight excluding hydrogens is 496 g/mol. The van der Waals surface area contributed by atoms with Gasteiger partial charge in [-0.15, -0.1) is 10.2 Å². The lowest BCUT2D eigenvalue weighted by atomic mass is 10.1. The molecule has 10 nitrogen and oxygen atoms in total. The zero-order chi connectivity index (χ0) is 27.3. The summed E-state index contributed by atoms with van der Waals surface area (Å²) in [6, 6.07) is 15.2. The fourth-order valence-electron chi connectivity index (χ4n) is 4.12. The number of carbonyl (C=O) groups is 2. The van der Waals surface area contributed by atoms with Crippen molar-refractivity contribution in [1.82, 2.24) is 25.0 Å². The van der Waals surface area contributed by atoms with Crippen LogP contribution in [-0.2, 0) is 40.6 Å². The molecule has 1 atom stereocenters. The number of hydrogen-bond acceptors (Lipinski definition) is 7. The molecule has 1 aromatic heterocycles. The highest BCUT2D eigenvalue weighted by atomic mass is 16.6. The Morgan fingerprint density at radius 1 is 1.03 bits per heavy atom. The van der Waals surface area contributed by atoms with Gasteiger partial charge in [-0.05, 0) is 49.9 Å². The number of carbonyl (C=O) groups excluding carboxylic acids is 2. The highest BCUT2D eigenvalue weighted by molar-refractivity contribution is 5.85. The van der Waals surface area contributed by atoms with Gasteiger partial charge in [0.25, 0.3) is 0 Å². The lowest BCUT2D eigenvalue weighted by molar-refractivity contribution is -0.126. The monoisotopic (exact) mass is 536 g/mol. The Bertz CT molecular complexity index is 1270. The number of rotatable bonds is 9. The van der Waals surface area contributed by atoms with E-state index in [1.807, 2.05) is 66.9 Å². The molecule has 0 unspecified atom stereocenters. The Morgan fingerprint density at radius 3 is 2.46 bits per heavy atom. The first kappa shape index (κ1) is 29.8. The van der Waals surface area contributed by atoms with Crippen LogP contribution in [0.25, 0.3) is 0 Å². The van der Waals surface area contributed by atoms with Crippen molar-refractivity contribution in [2.45, 2.75) is 73.0 Å². The van der Waals surface area contributed by atoms with E-state index in [1.165, 1.54) is 5.56 Å². The second kappa shape index (κ2) is 12.9. The number of nitrogens with two attached hydrogens (primary N) is 1. The van der Waals surface area contributed by atoms with Crippen LogP contribution >= 0.6 is 0 Å². The molecule has 0 radical (unpaired) electrons. The van der Waals surface area contributed by atoms with E-state index in [9.17, 15) is 9.59 Å². The van der Waals surface area contributed by atoms with Crippen LogP contribution in [0.3, 0.4) is 0 Å². The Balaban J connectivity index is 0.00000420. The Hall–Kier alpha value is -3.76. The molecular formula is C29H40N6O4. The van der Waals surface area contributed by atoms with Crippen LogP contribution in [-0.4, -0.2) is 50.4 Å². The summed E-state index contributed by atoms with van der Waals surface area (Å²) in [5.41, 5.74) is 9.27. The third kappa shape index (κ3) is 7.64. The van der Waals surface area contributed by atoms with Crippen molar-refractivity contribution in [1.29, 1.82) is 0 Å². The molecule has 0 aliphatic carbocycles. The minimum Gasteiger partial charge on any atom is -0.445 e. The standard InChI is InChI=1S/C28H36N6O4.CH4/c1-19-10-11-22(14-20(19)2)17-38-27(36)33-12-13-34-24(15-33)31-32-25(34)23(30-26(35)28(3,4)29)18-37-16-21-8-6-5-7-9-21;/h5-11,14,23H,12-13,15-18,29H2,1-4H3,(H,30,35);1H4/t23-;/m1./s1. The molecule has 2 amide bonds. The number of fused-ring (bicyclic) bond motifs is 1. The largest absolute Gasteiger partial charge is 0.445 e. The van der Waals surface area contributed by atoms with Crippen LogP contribution in [0.1, 0.15) is 61.2 Å². The van der Waals surface area contributed by atoms with Gasteiger partial charge in [0.1, 0.15) is 12.6 Å². The van der Waals surface area contributed by atoms with Gasteiger partial charge < -0.3 is 25.1 Å². The lowest BCUT2D eigenvalue weighted by Gasteiger charge is -2.29. The molecule has 1 aliphatic rings. The fraction of sp³-hybridized carbons (Fsp3) is 0.448. The Kier molecular flexibility index (Phi) is 9.82. The molecule has 0 saturated heterocycles. The summed E-state index contributed by atoms with van der Waals surface area (Å²) >= 11 is 0. The highest BCUT2D eigenvalue weighted by Crippen LogP contribution is 2.20. The summed E-state index contributed by atoms with van der Waals surface area (Å²) in [6.07, 6.45) is -0.403. The predicted molar refractivity (Wildman–Crippen MR) is 149 cm³/mol.